The number of halogens is 4. The third-order valence-electron chi connectivity index (χ3n) is 4.92. The number of nitrogens with zero attached hydrogens (tertiary/aromatic N) is 1. The molecule has 0 saturated heterocycles. The molecule has 1 heterocycles. The Morgan fingerprint density at radius 1 is 1.03 bits per heavy atom. The zero-order valence-electron chi connectivity index (χ0n) is 18.1. The Kier molecular flexibility index (Phi) is 8.72. The molecule has 0 aliphatic rings. The fourth-order valence-electron chi connectivity index (χ4n) is 3.15. The van der Waals surface area contributed by atoms with E-state index in [1.807, 2.05) is 5.32 Å². The number of aromatic nitrogens is 1. The number of rotatable bonds is 8. The second kappa shape index (κ2) is 11.5. The first-order valence-corrected chi connectivity index (χ1v) is 11.6. The van der Waals surface area contributed by atoms with E-state index in [0.29, 0.717) is 15.1 Å². The summed E-state index contributed by atoms with van der Waals surface area (Å²) < 4.78 is 15.7. The lowest BCUT2D eigenvalue weighted by atomic mass is 10.1. The number of carbonyl (C=O) groups excluding carboxylic acids is 2. The van der Waals surface area contributed by atoms with E-state index in [1.54, 1.807) is 6.07 Å². The average Bonchev–Trinajstić information content (AvgIpc) is 2.81. The highest BCUT2D eigenvalue weighted by Crippen LogP contribution is 2.24. The van der Waals surface area contributed by atoms with Crippen molar-refractivity contribution < 1.29 is 29.0 Å². The molecule has 9 nitrogen and oxygen atoms in total. The molecule has 2 aromatic carbocycles. The summed E-state index contributed by atoms with van der Waals surface area (Å²) in [5, 5.41) is 24.5. The molecule has 0 radical (unpaired) electrons. The average molecular weight is 601 g/mol. The maximum Gasteiger partial charge on any atom is 0.322 e. The van der Waals surface area contributed by atoms with Crippen LogP contribution < -0.4 is 16.2 Å². The Morgan fingerprint density at radius 2 is 1.75 bits per heavy atom. The van der Waals surface area contributed by atoms with Gasteiger partial charge in [0.05, 0.1) is 22.2 Å². The van der Waals surface area contributed by atoms with Crippen LogP contribution in [0.5, 0.6) is 5.75 Å². The van der Waals surface area contributed by atoms with Crippen molar-refractivity contribution in [3.05, 3.63) is 95.5 Å². The highest BCUT2D eigenvalue weighted by Gasteiger charge is 2.25. The molecule has 0 bridgehead atoms. The molecule has 3 aromatic rings. The molecule has 0 aliphatic carbocycles. The van der Waals surface area contributed by atoms with Gasteiger partial charge >= 0.3 is 5.97 Å². The lowest BCUT2D eigenvalue weighted by molar-refractivity contribution is -0.135. The second-order valence-corrected chi connectivity index (χ2v) is 9.17. The van der Waals surface area contributed by atoms with Crippen molar-refractivity contribution in [1.82, 2.24) is 15.2 Å². The SMILES string of the molecule is O=C(O)CNC(=O)c1c(O)c(C(=O)NCc2ccc(Cl)c(Cl)c2)cn(Cc2ccc(Br)cc2F)c1=O. The van der Waals surface area contributed by atoms with Crippen LogP contribution in [0.2, 0.25) is 10.0 Å². The van der Waals surface area contributed by atoms with Crippen LogP contribution in [0.1, 0.15) is 31.8 Å². The van der Waals surface area contributed by atoms with Crippen molar-refractivity contribution in [3.63, 3.8) is 0 Å². The topological polar surface area (TPSA) is 138 Å². The number of hydrogen-bond acceptors (Lipinski definition) is 5. The second-order valence-electron chi connectivity index (χ2n) is 7.44. The molecule has 1 aromatic heterocycles. The van der Waals surface area contributed by atoms with Gasteiger partial charge in [0.2, 0.25) is 0 Å². The lowest BCUT2D eigenvalue weighted by Gasteiger charge is -2.15. The Labute approximate surface area is 221 Å². The van der Waals surface area contributed by atoms with Gasteiger partial charge in [0.25, 0.3) is 17.4 Å². The van der Waals surface area contributed by atoms with E-state index in [-0.39, 0.29) is 23.7 Å². The zero-order valence-corrected chi connectivity index (χ0v) is 21.2. The van der Waals surface area contributed by atoms with Crippen LogP contribution in [0.25, 0.3) is 0 Å². The van der Waals surface area contributed by atoms with Crippen molar-refractivity contribution in [2.75, 3.05) is 6.54 Å². The summed E-state index contributed by atoms with van der Waals surface area (Å²) >= 11 is 15.0. The summed E-state index contributed by atoms with van der Waals surface area (Å²) in [5.41, 5.74) is -1.76. The molecule has 0 fully saturated rings. The lowest BCUT2D eigenvalue weighted by Crippen LogP contribution is -2.37. The van der Waals surface area contributed by atoms with Crippen LogP contribution in [-0.2, 0) is 17.9 Å². The number of carbonyl (C=O) groups is 3. The van der Waals surface area contributed by atoms with Gasteiger partial charge in [0.15, 0.2) is 0 Å². The van der Waals surface area contributed by atoms with Crippen LogP contribution in [-0.4, -0.2) is 39.1 Å². The van der Waals surface area contributed by atoms with Crippen molar-refractivity contribution in [1.29, 1.82) is 0 Å². The van der Waals surface area contributed by atoms with Crippen LogP contribution in [0, 0.1) is 5.82 Å². The largest absolute Gasteiger partial charge is 0.506 e. The standard InChI is InChI=1S/C23H17BrCl2FN3O6/c24-13-3-2-12(17(27)6-13)9-30-10-14(20(33)19(23(30)36)22(35)29-8-18(31)32)21(34)28-7-11-1-4-15(25)16(26)5-11/h1-6,10,33H,7-9H2,(H,28,34)(H,29,35)(H,31,32). The summed E-state index contributed by atoms with van der Waals surface area (Å²) in [6, 6.07) is 8.76. The number of nitrogens with one attached hydrogen (secondary N) is 2. The number of carboxylic acids is 1. The predicted molar refractivity (Wildman–Crippen MR) is 133 cm³/mol. The Hall–Kier alpha value is -3.41. The maximum absolute atomic E-state index is 14.4. The maximum atomic E-state index is 14.4. The molecular formula is C23H17BrCl2FN3O6. The molecule has 13 heteroatoms. The van der Waals surface area contributed by atoms with Crippen LogP contribution >= 0.6 is 39.1 Å². The van der Waals surface area contributed by atoms with E-state index in [9.17, 15) is 28.7 Å². The summed E-state index contributed by atoms with van der Waals surface area (Å²) in [6.45, 7) is -1.27. The van der Waals surface area contributed by atoms with Crippen molar-refractivity contribution in [2.45, 2.75) is 13.1 Å². The minimum absolute atomic E-state index is 0.0455. The molecule has 0 unspecified atom stereocenters. The molecule has 0 atom stereocenters. The van der Waals surface area contributed by atoms with Crippen molar-refractivity contribution in [2.24, 2.45) is 0 Å². The van der Waals surface area contributed by atoms with Crippen LogP contribution in [0.4, 0.5) is 4.39 Å². The molecule has 0 saturated carbocycles. The van der Waals surface area contributed by atoms with E-state index in [2.05, 4.69) is 21.2 Å². The Morgan fingerprint density at radius 3 is 2.39 bits per heavy atom. The van der Waals surface area contributed by atoms with Gasteiger partial charge in [0.1, 0.15) is 23.7 Å². The van der Waals surface area contributed by atoms with Gasteiger partial charge in [-0.1, -0.05) is 51.3 Å². The first-order valence-electron chi connectivity index (χ1n) is 10.1. The number of benzene rings is 2. The van der Waals surface area contributed by atoms with E-state index < -0.39 is 52.6 Å². The fourth-order valence-corrected chi connectivity index (χ4v) is 3.80. The Bertz CT molecular complexity index is 1430. The first kappa shape index (κ1) is 27.2. The molecular weight excluding hydrogens is 584 g/mol. The minimum atomic E-state index is -1.39. The third kappa shape index (κ3) is 6.42. The quantitative estimate of drug-likeness (QED) is 0.312. The molecule has 36 heavy (non-hydrogen) atoms. The van der Waals surface area contributed by atoms with E-state index in [0.717, 1.165) is 10.8 Å². The molecule has 0 aliphatic heterocycles. The first-order chi connectivity index (χ1) is 17.0. The molecule has 2 amide bonds. The minimum Gasteiger partial charge on any atom is -0.506 e. The van der Waals surface area contributed by atoms with Gasteiger partial charge in [0, 0.05) is 22.8 Å². The predicted octanol–water partition coefficient (Wildman–Crippen LogP) is 3.56. The highest BCUT2D eigenvalue weighted by molar-refractivity contribution is 9.10. The summed E-state index contributed by atoms with van der Waals surface area (Å²) in [6.07, 6.45) is 0.983. The number of aromatic hydroxyl groups is 1. The molecule has 3 rings (SSSR count). The van der Waals surface area contributed by atoms with Gasteiger partial charge in [-0.25, -0.2) is 4.39 Å². The van der Waals surface area contributed by atoms with Gasteiger partial charge in [-0.3, -0.25) is 19.2 Å². The van der Waals surface area contributed by atoms with Gasteiger partial charge in [-0.15, -0.1) is 0 Å². The zero-order chi connectivity index (χ0) is 26.6. The smallest absolute Gasteiger partial charge is 0.322 e. The highest BCUT2D eigenvalue weighted by atomic mass is 79.9. The summed E-state index contributed by atoms with van der Waals surface area (Å²) in [4.78, 5) is 49.3. The summed E-state index contributed by atoms with van der Waals surface area (Å²) in [7, 11) is 0. The van der Waals surface area contributed by atoms with E-state index >= 15 is 0 Å². The monoisotopic (exact) mass is 599 g/mol. The fraction of sp³-hybridized carbons (Fsp3) is 0.130. The summed E-state index contributed by atoms with van der Waals surface area (Å²) in [5.74, 6) is -5.09. The normalized spacial score (nSPS) is 10.7. The van der Waals surface area contributed by atoms with E-state index in [1.165, 1.54) is 30.3 Å². The molecule has 0 spiro atoms. The third-order valence-corrected chi connectivity index (χ3v) is 6.15. The van der Waals surface area contributed by atoms with Gasteiger partial charge in [-0.05, 0) is 29.8 Å². The van der Waals surface area contributed by atoms with Crippen LogP contribution in [0.3, 0.4) is 0 Å². The van der Waals surface area contributed by atoms with Crippen molar-refractivity contribution >= 4 is 56.9 Å². The number of aliphatic carboxylic acids is 1. The van der Waals surface area contributed by atoms with E-state index in [4.69, 9.17) is 28.3 Å². The van der Waals surface area contributed by atoms with Gasteiger partial charge < -0.3 is 25.4 Å². The number of carboxylic acid groups (broad SMARTS) is 1. The molecule has 4 N–H and O–H groups in total. The molecule has 188 valence electrons. The number of pyridine rings is 1. The Balaban J connectivity index is 2.01. The number of amides is 2. The van der Waals surface area contributed by atoms with Crippen LogP contribution in [0.15, 0.2) is 51.9 Å². The van der Waals surface area contributed by atoms with Gasteiger partial charge in [-0.2, -0.15) is 0 Å². The van der Waals surface area contributed by atoms with Crippen molar-refractivity contribution in [3.8, 4) is 5.75 Å². The number of hydrogen-bond donors (Lipinski definition) is 4.